The van der Waals surface area contributed by atoms with Gasteiger partial charge in [-0.1, -0.05) is 55.8 Å². The van der Waals surface area contributed by atoms with Gasteiger partial charge in [0, 0.05) is 86.3 Å². The Hall–Kier alpha value is -0.0800. The van der Waals surface area contributed by atoms with Crippen molar-refractivity contribution in [2.75, 3.05) is 29.5 Å². The maximum Gasteiger partial charge on any atom is 1.00 e. The van der Waals surface area contributed by atoms with E-state index in [1.165, 1.54) is 6.07 Å². The van der Waals surface area contributed by atoms with Gasteiger partial charge in [0.15, 0.2) is 5.71 Å². The second kappa shape index (κ2) is 24.5. The number of para-hydroxylation sites is 1. The molecule has 0 bridgehead atoms. The number of rotatable bonds is 18. The molecule has 0 saturated carbocycles. The van der Waals surface area contributed by atoms with Gasteiger partial charge in [0.25, 0.3) is 0 Å². The van der Waals surface area contributed by atoms with Crippen molar-refractivity contribution in [3.8, 4) is 0 Å². The van der Waals surface area contributed by atoms with E-state index in [0.29, 0.717) is 66.1 Å². The molecule has 63 heavy (non-hydrogen) atoms. The zero-order chi connectivity index (χ0) is 43.5. The Balaban J connectivity index is 0.00000352. The molecule has 0 unspecified atom stereocenters. The summed E-state index contributed by atoms with van der Waals surface area (Å²) >= 11 is 8.58. The molecule has 3 aliphatic rings. The Morgan fingerprint density at radius 3 is 2.27 bits per heavy atom. The molecule has 2 heterocycles. The van der Waals surface area contributed by atoms with E-state index < -0.39 is 41.7 Å². The average molecular weight is 989 g/mol. The number of allylic oxidation sites excluding steroid dienone is 8. The second-order valence-corrected chi connectivity index (χ2v) is 20.5. The molecule has 324 valence electrons. The van der Waals surface area contributed by atoms with Crippen molar-refractivity contribution in [1.29, 1.82) is 0 Å². The molecule has 2 aliphatic heterocycles. The standard InChI is InChI=1S/C41H47ClN2O12S4.3Na/c1-40(2)31-13-5-6-14-32(31)43(22-10-24-59(47,48)49)35(40)19-16-27-11-9-12-28(39(27)42)17-20-36-41(3,4)38-33(44(36)21-7-8-23-57-55-53-45)18-15-29-25-30(58-56-54-46)26-34(37(29)38)60(50,51)52;;;/h5-6,13-20,25-26H,7-12,21-24H2,1-4H3,(H3-,45,46,47,48,49,50,51,52);;;/q;3*+1/p-3. The Morgan fingerprint density at radius 2 is 1.59 bits per heavy atom. The molecule has 0 N–H and O–H groups in total. The minimum Gasteiger partial charge on any atom is -0.748 e. The van der Waals surface area contributed by atoms with Crippen LogP contribution in [0, 0.1) is 0 Å². The summed E-state index contributed by atoms with van der Waals surface area (Å²) in [6.07, 6.45) is 11.8. The summed E-state index contributed by atoms with van der Waals surface area (Å²) in [6.45, 7) is 9.01. The topological polar surface area (TPSA) is 204 Å². The SMILES string of the molecule is CC1(C)C(/C=C/C2=C(Cl)C(=C/C=C3/N(CCCS(=O)(=O)[O-])c4ccccc4C3(C)C)/CCC2)=[N+](CCCCSOO[O-])c2ccc3cc(SOO[O-])cc(S(=O)(=O)[O-])c3c21.[Na+].[Na+].[Na+]. The molecule has 6 rings (SSSR count). The van der Waals surface area contributed by atoms with Gasteiger partial charge in [0.2, 0.25) is 5.69 Å². The number of anilines is 1. The van der Waals surface area contributed by atoms with E-state index >= 15 is 0 Å². The summed E-state index contributed by atoms with van der Waals surface area (Å²) in [5, 5.41) is 29.0. The van der Waals surface area contributed by atoms with E-state index in [-0.39, 0.29) is 105 Å². The van der Waals surface area contributed by atoms with Crippen LogP contribution in [0.2, 0.25) is 0 Å². The normalized spacial score (nSPS) is 18.2. The Bertz CT molecular complexity index is 2530. The van der Waals surface area contributed by atoms with Crippen LogP contribution in [0.5, 0.6) is 0 Å². The third-order valence-corrected chi connectivity index (χ3v) is 14.5. The molecule has 0 amide bonds. The van der Waals surface area contributed by atoms with Gasteiger partial charge in [-0.2, -0.15) is 13.2 Å². The van der Waals surface area contributed by atoms with E-state index in [1.807, 2.05) is 62.4 Å². The fourth-order valence-corrected chi connectivity index (χ4v) is 11.0. The predicted molar refractivity (Wildman–Crippen MR) is 225 cm³/mol. The number of nitrogens with zero attached hydrogens (tertiary/aromatic N) is 2. The quantitative estimate of drug-likeness (QED) is 0.0252. The largest absolute Gasteiger partial charge is 1.00 e. The summed E-state index contributed by atoms with van der Waals surface area (Å²) in [5.41, 5.74) is 5.79. The van der Waals surface area contributed by atoms with Crippen molar-refractivity contribution in [1.82, 2.24) is 0 Å². The number of hydrogen-bond donors (Lipinski definition) is 0. The van der Waals surface area contributed by atoms with Crippen LogP contribution in [0.4, 0.5) is 11.4 Å². The molecule has 3 aromatic carbocycles. The van der Waals surface area contributed by atoms with E-state index in [2.05, 4.69) is 48.1 Å². The summed E-state index contributed by atoms with van der Waals surface area (Å²) in [5.74, 6) is 0.0271. The van der Waals surface area contributed by atoms with Gasteiger partial charge >= 0.3 is 88.7 Å². The Morgan fingerprint density at radius 1 is 0.873 bits per heavy atom. The third-order valence-electron chi connectivity index (χ3n) is 11.2. The molecule has 3 aromatic rings. The van der Waals surface area contributed by atoms with E-state index in [9.17, 15) is 36.5 Å². The first-order valence-corrected chi connectivity index (χ1v) is 24.1. The average Bonchev–Trinajstić information content (AvgIpc) is 3.54. The van der Waals surface area contributed by atoms with Gasteiger partial charge in [-0.3, -0.25) is 10.1 Å². The summed E-state index contributed by atoms with van der Waals surface area (Å²) in [6, 6.07) is 14.3. The van der Waals surface area contributed by atoms with Gasteiger partial charge in [0.05, 0.1) is 32.5 Å². The third kappa shape index (κ3) is 13.4. The van der Waals surface area contributed by atoms with E-state index in [4.69, 9.17) is 11.6 Å². The van der Waals surface area contributed by atoms with Crippen LogP contribution in [0.3, 0.4) is 0 Å². The number of halogens is 1. The number of fused-ring (bicyclic) bond motifs is 4. The fraction of sp³-hybridized carbons (Fsp3) is 0.390. The molecule has 1 aliphatic carbocycles. The van der Waals surface area contributed by atoms with Crippen molar-refractivity contribution in [2.45, 2.75) is 86.8 Å². The Labute approximate surface area is 449 Å². The van der Waals surface area contributed by atoms with Crippen LogP contribution < -0.4 is 104 Å². The van der Waals surface area contributed by atoms with Crippen LogP contribution in [0.1, 0.15) is 77.3 Å². The maximum atomic E-state index is 12.8. The first-order valence-electron chi connectivity index (χ1n) is 19.1. The minimum absolute atomic E-state index is 0. The minimum atomic E-state index is -5.02. The van der Waals surface area contributed by atoms with E-state index in [0.717, 1.165) is 64.4 Å². The van der Waals surface area contributed by atoms with Crippen molar-refractivity contribution >= 4 is 83.8 Å². The molecule has 0 radical (unpaired) electrons. The molecule has 0 fully saturated rings. The molecular weight excluding hydrogens is 945 g/mol. The molecule has 14 nitrogen and oxygen atoms in total. The second-order valence-electron chi connectivity index (χ2n) is 15.7. The van der Waals surface area contributed by atoms with Crippen molar-refractivity contribution in [3.63, 3.8) is 0 Å². The smallest absolute Gasteiger partial charge is 0.748 e. The van der Waals surface area contributed by atoms with Gasteiger partial charge in [-0.15, -0.1) is 0 Å². The van der Waals surface area contributed by atoms with Gasteiger partial charge in [-0.25, -0.2) is 16.8 Å². The first-order chi connectivity index (χ1) is 28.4. The summed E-state index contributed by atoms with van der Waals surface area (Å²) < 4.78 is 83.8. The summed E-state index contributed by atoms with van der Waals surface area (Å²) in [4.78, 5) is 1.81. The molecular formula is C41H44ClN2Na3O12S4. The van der Waals surface area contributed by atoms with Gasteiger partial charge < -0.3 is 24.5 Å². The number of benzene rings is 3. The van der Waals surface area contributed by atoms with Crippen LogP contribution in [0.15, 0.2) is 105 Å². The van der Waals surface area contributed by atoms with Crippen LogP contribution >= 0.6 is 35.7 Å². The van der Waals surface area contributed by atoms with Crippen molar-refractivity contribution in [2.24, 2.45) is 0 Å². The van der Waals surface area contributed by atoms with Gasteiger partial charge in [0.1, 0.15) is 16.7 Å². The van der Waals surface area contributed by atoms with Crippen molar-refractivity contribution in [3.05, 3.63) is 106 Å². The monoisotopic (exact) mass is 988 g/mol. The van der Waals surface area contributed by atoms with Crippen LogP contribution in [0.25, 0.3) is 10.8 Å². The number of unbranched alkanes of at least 4 members (excludes halogenated alkanes) is 1. The molecule has 22 heteroatoms. The molecule has 0 spiro atoms. The summed E-state index contributed by atoms with van der Waals surface area (Å²) in [7, 11) is -9.39. The maximum absolute atomic E-state index is 12.8. The zero-order valence-electron chi connectivity index (χ0n) is 36.3. The van der Waals surface area contributed by atoms with Crippen molar-refractivity contribution < 1.29 is 148 Å². The van der Waals surface area contributed by atoms with E-state index in [1.54, 1.807) is 12.1 Å². The predicted octanol–water partition coefficient (Wildman–Crippen LogP) is -2.21. The van der Waals surface area contributed by atoms with Crippen LogP contribution in [-0.4, -0.2) is 60.8 Å². The number of hydrogen-bond acceptors (Lipinski definition) is 15. The Kier molecular flexibility index (Phi) is 22.2. The van der Waals surface area contributed by atoms with Crippen LogP contribution in [-0.2, 0) is 49.8 Å². The molecule has 0 atom stereocenters. The molecule has 0 aromatic heterocycles. The van der Waals surface area contributed by atoms with Gasteiger partial charge in [-0.05, 0) is 98.4 Å². The molecule has 0 saturated heterocycles. The zero-order valence-corrected chi connectivity index (χ0v) is 46.3. The first kappa shape index (κ1) is 57.2. The fourth-order valence-electron chi connectivity index (χ4n) is 8.51.